The predicted molar refractivity (Wildman–Crippen MR) is 64.3 cm³/mol. The molecule has 0 aliphatic heterocycles. The molecule has 0 radical (unpaired) electrons. The summed E-state index contributed by atoms with van der Waals surface area (Å²) in [6.07, 6.45) is 0. The molecule has 3 heteroatoms. The second-order valence-corrected chi connectivity index (χ2v) is 4.28. The van der Waals surface area contributed by atoms with Crippen molar-refractivity contribution in [2.24, 2.45) is 5.92 Å². The Balaban J connectivity index is 2.45. The fourth-order valence-electron chi connectivity index (χ4n) is 1.38. The third-order valence-corrected chi connectivity index (χ3v) is 2.89. The van der Waals surface area contributed by atoms with Crippen LogP contribution >= 0.6 is 0 Å². The summed E-state index contributed by atoms with van der Waals surface area (Å²) in [6.45, 7) is 6.37. The first kappa shape index (κ1) is 12.7. The Morgan fingerprint density at radius 2 is 1.88 bits per heavy atom. The Kier molecular flexibility index (Phi) is 4.50. The van der Waals surface area contributed by atoms with Gasteiger partial charge in [0.2, 0.25) is 0 Å². The van der Waals surface area contributed by atoms with Crippen LogP contribution < -0.4 is 5.32 Å². The fourth-order valence-corrected chi connectivity index (χ4v) is 1.38. The largest absolute Gasteiger partial charge is 0.481 e. The van der Waals surface area contributed by atoms with Crippen molar-refractivity contribution in [3.8, 4) is 0 Å². The molecule has 0 spiro atoms. The third kappa shape index (κ3) is 3.66. The van der Waals surface area contributed by atoms with Gasteiger partial charge in [-0.05, 0) is 19.4 Å². The average Bonchev–Trinajstić information content (AvgIpc) is 2.26. The van der Waals surface area contributed by atoms with Crippen molar-refractivity contribution in [2.75, 3.05) is 0 Å². The van der Waals surface area contributed by atoms with Crippen LogP contribution in [0.3, 0.4) is 0 Å². The molecule has 2 atom stereocenters. The van der Waals surface area contributed by atoms with Gasteiger partial charge < -0.3 is 10.4 Å². The number of nitrogens with one attached hydrogen (secondary N) is 1. The summed E-state index contributed by atoms with van der Waals surface area (Å²) in [5.74, 6) is -1.13. The third-order valence-electron chi connectivity index (χ3n) is 2.89. The summed E-state index contributed by atoms with van der Waals surface area (Å²) in [5.41, 5.74) is 2.41. The lowest BCUT2D eigenvalue weighted by Crippen LogP contribution is -2.35. The van der Waals surface area contributed by atoms with Gasteiger partial charge in [0.1, 0.15) is 0 Å². The summed E-state index contributed by atoms with van der Waals surface area (Å²) in [4.78, 5) is 10.8. The topological polar surface area (TPSA) is 49.3 Å². The number of aryl methyl sites for hydroxylation is 1. The van der Waals surface area contributed by atoms with Crippen molar-refractivity contribution in [2.45, 2.75) is 33.4 Å². The van der Waals surface area contributed by atoms with Crippen LogP contribution in [0.5, 0.6) is 0 Å². The average molecular weight is 221 g/mol. The van der Waals surface area contributed by atoms with Crippen LogP contribution in [0, 0.1) is 12.8 Å². The minimum Gasteiger partial charge on any atom is -0.481 e. The van der Waals surface area contributed by atoms with E-state index in [1.807, 2.05) is 13.8 Å². The van der Waals surface area contributed by atoms with Gasteiger partial charge in [-0.25, -0.2) is 0 Å². The van der Waals surface area contributed by atoms with E-state index >= 15 is 0 Å². The number of rotatable bonds is 5. The van der Waals surface area contributed by atoms with Gasteiger partial charge in [0.25, 0.3) is 0 Å². The molecule has 2 N–H and O–H groups in total. The van der Waals surface area contributed by atoms with Gasteiger partial charge in [0.05, 0.1) is 5.92 Å². The SMILES string of the molecule is Cc1ccc(CNC(C)C(C)C(=O)O)cc1. The minimum absolute atomic E-state index is 0.0289. The number of hydrogen-bond donors (Lipinski definition) is 2. The van der Waals surface area contributed by atoms with Crippen LogP contribution in [0.4, 0.5) is 0 Å². The van der Waals surface area contributed by atoms with Crippen molar-refractivity contribution in [3.05, 3.63) is 35.4 Å². The zero-order valence-electron chi connectivity index (χ0n) is 10.0. The molecule has 3 nitrogen and oxygen atoms in total. The molecule has 0 aliphatic rings. The number of benzene rings is 1. The molecule has 0 heterocycles. The Bertz CT molecular complexity index is 345. The van der Waals surface area contributed by atoms with E-state index in [2.05, 4.69) is 29.6 Å². The normalized spacial score (nSPS) is 14.4. The lowest BCUT2D eigenvalue weighted by atomic mass is 10.0. The van der Waals surface area contributed by atoms with Crippen LogP contribution in [0.25, 0.3) is 0 Å². The molecule has 1 rings (SSSR count). The van der Waals surface area contributed by atoms with E-state index in [4.69, 9.17) is 5.11 Å². The molecule has 88 valence electrons. The van der Waals surface area contributed by atoms with Gasteiger partial charge in [-0.3, -0.25) is 4.79 Å². The van der Waals surface area contributed by atoms with Crippen LogP contribution in [-0.4, -0.2) is 17.1 Å². The Morgan fingerprint density at radius 3 is 2.38 bits per heavy atom. The highest BCUT2D eigenvalue weighted by Gasteiger charge is 2.18. The van der Waals surface area contributed by atoms with E-state index in [-0.39, 0.29) is 12.0 Å². The summed E-state index contributed by atoms with van der Waals surface area (Å²) < 4.78 is 0. The zero-order chi connectivity index (χ0) is 12.1. The van der Waals surface area contributed by atoms with Gasteiger partial charge >= 0.3 is 5.97 Å². The molecule has 0 fully saturated rings. The van der Waals surface area contributed by atoms with E-state index in [1.54, 1.807) is 6.92 Å². The quantitative estimate of drug-likeness (QED) is 0.801. The van der Waals surface area contributed by atoms with E-state index in [0.717, 1.165) is 0 Å². The first-order valence-corrected chi connectivity index (χ1v) is 5.52. The van der Waals surface area contributed by atoms with Crippen LogP contribution in [0.1, 0.15) is 25.0 Å². The van der Waals surface area contributed by atoms with Crippen LogP contribution in [0.2, 0.25) is 0 Å². The highest BCUT2D eigenvalue weighted by Crippen LogP contribution is 2.06. The predicted octanol–water partition coefficient (Wildman–Crippen LogP) is 2.19. The van der Waals surface area contributed by atoms with Crippen molar-refractivity contribution in [1.29, 1.82) is 0 Å². The standard InChI is InChI=1S/C13H19NO2/c1-9-4-6-12(7-5-9)8-14-11(3)10(2)13(15)16/h4-7,10-11,14H,8H2,1-3H3,(H,15,16). The maximum atomic E-state index is 10.8. The Hall–Kier alpha value is -1.35. The highest BCUT2D eigenvalue weighted by molar-refractivity contribution is 5.70. The second kappa shape index (κ2) is 5.66. The molecule has 1 aromatic rings. The number of aliphatic carboxylic acids is 1. The van der Waals surface area contributed by atoms with E-state index in [0.29, 0.717) is 6.54 Å². The summed E-state index contributed by atoms with van der Waals surface area (Å²) in [7, 11) is 0. The fraction of sp³-hybridized carbons (Fsp3) is 0.462. The van der Waals surface area contributed by atoms with Crippen LogP contribution in [0.15, 0.2) is 24.3 Å². The Labute approximate surface area is 96.5 Å². The lowest BCUT2D eigenvalue weighted by molar-refractivity contribution is -0.141. The molecule has 0 aliphatic carbocycles. The van der Waals surface area contributed by atoms with Crippen molar-refractivity contribution >= 4 is 5.97 Å². The summed E-state index contributed by atoms with van der Waals surface area (Å²) in [6, 6.07) is 8.20. The van der Waals surface area contributed by atoms with E-state index in [1.165, 1.54) is 11.1 Å². The van der Waals surface area contributed by atoms with Gasteiger partial charge in [-0.1, -0.05) is 36.8 Å². The van der Waals surface area contributed by atoms with Crippen molar-refractivity contribution in [3.63, 3.8) is 0 Å². The van der Waals surface area contributed by atoms with Gasteiger partial charge in [0.15, 0.2) is 0 Å². The first-order chi connectivity index (χ1) is 7.50. The van der Waals surface area contributed by atoms with E-state index in [9.17, 15) is 4.79 Å². The minimum atomic E-state index is -0.760. The molecule has 0 aromatic heterocycles. The maximum Gasteiger partial charge on any atom is 0.307 e. The first-order valence-electron chi connectivity index (χ1n) is 5.52. The molecule has 0 bridgehead atoms. The highest BCUT2D eigenvalue weighted by atomic mass is 16.4. The number of carboxylic acid groups (broad SMARTS) is 1. The molecule has 0 saturated heterocycles. The molecular weight excluding hydrogens is 202 g/mol. The van der Waals surface area contributed by atoms with Crippen molar-refractivity contribution in [1.82, 2.24) is 5.32 Å². The number of hydrogen-bond acceptors (Lipinski definition) is 2. The van der Waals surface area contributed by atoms with Gasteiger partial charge in [0, 0.05) is 12.6 Å². The van der Waals surface area contributed by atoms with Crippen LogP contribution in [-0.2, 0) is 11.3 Å². The van der Waals surface area contributed by atoms with Crippen molar-refractivity contribution < 1.29 is 9.90 Å². The molecule has 1 aromatic carbocycles. The molecule has 2 unspecified atom stereocenters. The summed E-state index contributed by atoms with van der Waals surface area (Å²) in [5, 5.41) is 12.1. The summed E-state index contributed by atoms with van der Waals surface area (Å²) >= 11 is 0. The second-order valence-electron chi connectivity index (χ2n) is 4.28. The lowest BCUT2D eigenvalue weighted by Gasteiger charge is -2.17. The zero-order valence-corrected chi connectivity index (χ0v) is 10.0. The molecule has 0 saturated carbocycles. The maximum absolute atomic E-state index is 10.8. The monoisotopic (exact) mass is 221 g/mol. The van der Waals surface area contributed by atoms with E-state index < -0.39 is 5.97 Å². The smallest absolute Gasteiger partial charge is 0.307 e. The number of carbonyl (C=O) groups is 1. The molecular formula is C13H19NO2. The number of carboxylic acids is 1. The molecule has 0 amide bonds. The van der Waals surface area contributed by atoms with Gasteiger partial charge in [-0.2, -0.15) is 0 Å². The molecule has 16 heavy (non-hydrogen) atoms. The Morgan fingerprint density at radius 1 is 1.31 bits per heavy atom. The van der Waals surface area contributed by atoms with Gasteiger partial charge in [-0.15, -0.1) is 0 Å².